The lowest BCUT2D eigenvalue weighted by atomic mass is 10.0. The highest BCUT2D eigenvalue weighted by Gasteiger charge is 2.22. The number of ether oxygens (including phenoxy) is 1. The van der Waals surface area contributed by atoms with Crippen LogP contribution in [0.25, 0.3) is 0 Å². The normalized spacial score (nSPS) is 11.5. The van der Waals surface area contributed by atoms with Crippen molar-refractivity contribution in [3.05, 3.63) is 62.7 Å². The number of hydrogen-bond donors (Lipinski definition) is 4. The van der Waals surface area contributed by atoms with Gasteiger partial charge in [0.05, 0.1) is 0 Å². The highest BCUT2D eigenvalue weighted by molar-refractivity contribution is 14.1. The van der Waals surface area contributed by atoms with Crippen molar-refractivity contribution in [2.24, 2.45) is 0 Å². The molecule has 40 heavy (non-hydrogen) atoms. The molecule has 0 heterocycles. The maximum absolute atomic E-state index is 13.1. The highest BCUT2D eigenvalue weighted by Crippen LogP contribution is 2.19. The molecule has 0 saturated heterocycles. The molecule has 0 saturated carbocycles. The topological polar surface area (TPSA) is 134 Å². The van der Waals surface area contributed by atoms with E-state index in [1.165, 1.54) is 16.1 Å². The number of amides is 2. The molecule has 0 aromatic heterocycles. The zero-order valence-electron chi connectivity index (χ0n) is 23.4. The molecule has 0 bridgehead atoms. The van der Waals surface area contributed by atoms with E-state index in [1.807, 2.05) is 13.8 Å². The Morgan fingerprint density at radius 1 is 0.975 bits per heavy atom. The zero-order valence-corrected chi connectivity index (χ0v) is 25.6. The van der Waals surface area contributed by atoms with E-state index in [0.29, 0.717) is 37.1 Å². The fraction of sp³-hybridized carbons (Fsp3) is 0.467. The van der Waals surface area contributed by atoms with E-state index in [4.69, 9.17) is 4.74 Å². The molecular formula is C30H40IN3O6. The Morgan fingerprint density at radius 3 is 2.35 bits per heavy atom. The second kappa shape index (κ2) is 17.5. The van der Waals surface area contributed by atoms with Gasteiger partial charge in [0.25, 0.3) is 5.91 Å². The minimum Gasteiger partial charge on any atom is -0.480 e. The SMILES string of the molecule is CC(=O)OCc1ccc(NC(C)C)cc1C(=O)N[C@@H](CCCCNC(=O)CCCCc1ccc(I)cc1)C(=O)O. The lowest BCUT2D eigenvalue weighted by Crippen LogP contribution is -2.41. The summed E-state index contributed by atoms with van der Waals surface area (Å²) >= 11 is 2.28. The number of carbonyl (C=O) groups is 4. The summed E-state index contributed by atoms with van der Waals surface area (Å²) in [5.41, 5.74) is 2.69. The van der Waals surface area contributed by atoms with E-state index < -0.39 is 23.9 Å². The van der Waals surface area contributed by atoms with E-state index in [9.17, 15) is 24.3 Å². The molecule has 0 aliphatic rings. The third-order valence-corrected chi connectivity index (χ3v) is 6.84. The summed E-state index contributed by atoms with van der Waals surface area (Å²) in [7, 11) is 0. The number of carboxylic acid groups (broad SMARTS) is 1. The molecule has 4 N–H and O–H groups in total. The molecule has 9 nitrogen and oxygen atoms in total. The van der Waals surface area contributed by atoms with Gasteiger partial charge in [-0.05, 0) is 105 Å². The maximum Gasteiger partial charge on any atom is 0.326 e. The Balaban J connectivity index is 1.79. The number of anilines is 1. The van der Waals surface area contributed by atoms with Gasteiger partial charge >= 0.3 is 11.9 Å². The number of hydrogen-bond acceptors (Lipinski definition) is 6. The van der Waals surface area contributed by atoms with Crippen LogP contribution in [0.15, 0.2) is 42.5 Å². The molecule has 0 radical (unpaired) electrons. The predicted octanol–water partition coefficient (Wildman–Crippen LogP) is 5.06. The van der Waals surface area contributed by atoms with Gasteiger partial charge < -0.3 is 25.8 Å². The Hall–Kier alpha value is -3.15. The first kappa shape index (κ1) is 33.1. The summed E-state index contributed by atoms with van der Waals surface area (Å²) in [6, 6.07) is 12.5. The molecule has 2 amide bonds. The van der Waals surface area contributed by atoms with Gasteiger partial charge in [0, 0.05) is 46.3 Å². The molecule has 0 aliphatic carbocycles. The number of unbranched alkanes of at least 4 members (excludes halogenated alkanes) is 2. The van der Waals surface area contributed by atoms with Crippen molar-refractivity contribution in [2.75, 3.05) is 11.9 Å². The largest absolute Gasteiger partial charge is 0.480 e. The summed E-state index contributed by atoms with van der Waals surface area (Å²) in [5, 5.41) is 18.4. The van der Waals surface area contributed by atoms with Crippen LogP contribution in [0.3, 0.4) is 0 Å². The van der Waals surface area contributed by atoms with Gasteiger partial charge in [-0.3, -0.25) is 14.4 Å². The number of aryl methyl sites for hydroxylation is 1. The maximum atomic E-state index is 13.1. The van der Waals surface area contributed by atoms with Gasteiger partial charge in [-0.2, -0.15) is 0 Å². The Kier molecular flexibility index (Phi) is 14.5. The van der Waals surface area contributed by atoms with E-state index >= 15 is 0 Å². The molecule has 2 aromatic carbocycles. The quantitative estimate of drug-likeness (QED) is 0.106. The van der Waals surface area contributed by atoms with Crippen molar-refractivity contribution in [1.82, 2.24) is 10.6 Å². The standard InChI is InChI=1S/C30H40IN3O6/c1-20(2)33-25-16-13-23(19-40-21(3)35)26(18-25)29(37)34-27(30(38)39)9-6-7-17-32-28(36)10-5-4-8-22-11-14-24(31)15-12-22/h11-16,18,20,27,33H,4-10,17,19H2,1-3H3,(H,32,36)(H,34,37)(H,38,39)/t27-/m0/s1. The number of carboxylic acids is 1. The van der Waals surface area contributed by atoms with Crippen molar-refractivity contribution >= 4 is 52.0 Å². The van der Waals surface area contributed by atoms with Crippen LogP contribution in [0.1, 0.15) is 80.8 Å². The van der Waals surface area contributed by atoms with Gasteiger partial charge in [-0.1, -0.05) is 18.2 Å². The molecule has 0 unspecified atom stereocenters. The van der Waals surface area contributed by atoms with Crippen molar-refractivity contribution in [3.63, 3.8) is 0 Å². The van der Waals surface area contributed by atoms with Gasteiger partial charge in [-0.25, -0.2) is 4.79 Å². The van der Waals surface area contributed by atoms with Crippen LogP contribution in [0.4, 0.5) is 5.69 Å². The van der Waals surface area contributed by atoms with Crippen LogP contribution < -0.4 is 16.0 Å². The first-order valence-electron chi connectivity index (χ1n) is 13.6. The lowest BCUT2D eigenvalue weighted by molar-refractivity contribution is -0.142. The summed E-state index contributed by atoms with van der Waals surface area (Å²) in [6.45, 7) is 5.56. The summed E-state index contributed by atoms with van der Waals surface area (Å²) < 4.78 is 6.27. The summed E-state index contributed by atoms with van der Waals surface area (Å²) in [4.78, 5) is 48.3. The van der Waals surface area contributed by atoms with Crippen LogP contribution in [0.5, 0.6) is 0 Å². The molecule has 218 valence electrons. The smallest absolute Gasteiger partial charge is 0.326 e. The molecule has 2 rings (SSSR count). The first-order chi connectivity index (χ1) is 19.0. The molecule has 0 aliphatic heterocycles. The van der Waals surface area contributed by atoms with Crippen LogP contribution in [-0.2, 0) is 32.1 Å². The Bertz CT molecular complexity index is 1140. The number of carbonyl (C=O) groups excluding carboxylic acids is 3. The van der Waals surface area contributed by atoms with Crippen molar-refractivity contribution in [2.45, 2.75) is 84.4 Å². The number of rotatable bonds is 17. The average molecular weight is 666 g/mol. The summed E-state index contributed by atoms with van der Waals surface area (Å²) in [5.74, 6) is -2.18. The number of aliphatic carboxylic acids is 1. The molecule has 10 heteroatoms. The van der Waals surface area contributed by atoms with Crippen LogP contribution >= 0.6 is 22.6 Å². The number of benzene rings is 2. The third kappa shape index (κ3) is 12.8. The number of nitrogens with one attached hydrogen (secondary N) is 3. The van der Waals surface area contributed by atoms with Crippen LogP contribution in [-0.4, -0.2) is 47.5 Å². The second-order valence-electron chi connectivity index (χ2n) is 9.99. The fourth-order valence-electron chi connectivity index (χ4n) is 4.06. The predicted molar refractivity (Wildman–Crippen MR) is 163 cm³/mol. The third-order valence-electron chi connectivity index (χ3n) is 6.12. The Labute approximate surface area is 250 Å². The highest BCUT2D eigenvalue weighted by atomic mass is 127. The zero-order chi connectivity index (χ0) is 29.5. The minimum atomic E-state index is -1.14. The molecule has 2 aromatic rings. The molecule has 0 fully saturated rings. The number of esters is 1. The lowest BCUT2D eigenvalue weighted by Gasteiger charge is -2.18. The monoisotopic (exact) mass is 665 g/mol. The first-order valence-corrected chi connectivity index (χ1v) is 14.7. The van der Waals surface area contributed by atoms with Gasteiger partial charge in [0.2, 0.25) is 5.91 Å². The van der Waals surface area contributed by atoms with Crippen LogP contribution in [0.2, 0.25) is 0 Å². The van der Waals surface area contributed by atoms with Gasteiger partial charge in [0.1, 0.15) is 12.6 Å². The fourth-order valence-corrected chi connectivity index (χ4v) is 4.42. The van der Waals surface area contributed by atoms with E-state index in [2.05, 4.69) is 62.8 Å². The van der Waals surface area contributed by atoms with E-state index in [0.717, 1.165) is 19.3 Å². The number of halogens is 1. The Morgan fingerprint density at radius 2 is 1.70 bits per heavy atom. The molecule has 1 atom stereocenters. The van der Waals surface area contributed by atoms with Crippen LogP contribution in [0, 0.1) is 3.57 Å². The molecular weight excluding hydrogens is 625 g/mol. The van der Waals surface area contributed by atoms with Crippen molar-refractivity contribution < 1.29 is 29.0 Å². The average Bonchev–Trinajstić information content (AvgIpc) is 2.89. The van der Waals surface area contributed by atoms with Crippen molar-refractivity contribution in [1.29, 1.82) is 0 Å². The van der Waals surface area contributed by atoms with E-state index in [-0.39, 0.29) is 30.5 Å². The minimum absolute atomic E-state index is 0.0131. The van der Waals surface area contributed by atoms with Gasteiger partial charge in [-0.15, -0.1) is 0 Å². The van der Waals surface area contributed by atoms with Gasteiger partial charge in [0.15, 0.2) is 0 Å². The van der Waals surface area contributed by atoms with E-state index in [1.54, 1.807) is 18.2 Å². The second-order valence-corrected chi connectivity index (χ2v) is 11.2. The van der Waals surface area contributed by atoms with Crippen molar-refractivity contribution in [3.8, 4) is 0 Å². The molecule has 0 spiro atoms. The summed E-state index contributed by atoms with van der Waals surface area (Å²) in [6.07, 6.45) is 4.47.